The second kappa shape index (κ2) is 10.5. The van der Waals surface area contributed by atoms with Crippen molar-refractivity contribution in [3.8, 4) is 29.1 Å². The van der Waals surface area contributed by atoms with E-state index in [9.17, 15) is 9.59 Å². The molecule has 0 radical (unpaired) electrons. The fraction of sp³-hybridized carbons (Fsp3) is 0.333. The lowest BCUT2D eigenvalue weighted by atomic mass is 9.87. The van der Waals surface area contributed by atoms with Gasteiger partial charge in [-0.15, -0.1) is 0 Å². The number of esters is 2. The lowest BCUT2D eigenvalue weighted by Gasteiger charge is -2.26. The SMILES string of the molecule is COc1ccc(C#CC(=O)Oc2ccc(OC(=O)C3CCC(OC)CC3)cc2)cc1. The molecule has 0 heterocycles. The molecule has 1 fully saturated rings. The van der Waals surface area contributed by atoms with Crippen LogP contribution < -0.4 is 14.2 Å². The van der Waals surface area contributed by atoms with Crippen molar-refractivity contribution >= 4 is 11.9 Å². The number of carbonyl (C=O) groups is 2. The first kappa shape index (κ1) is 21.4. The van der Waals surface area contributed by atoms with Crippen molar-refractivity contribution in [3.63, 3.8) is 0 Å². The van der Waals surface area contributed by atoms with Crippen LogP contribution in [-0.4, -0.2) is 32.3 Å². The number of hydrogen-bond acceptors (Lipinski definition) is 6. The van der Waals surface area contributed by atoms with Crippen LogP contribution in [0, 0.1) is 17.8 Å². The Morgan fingerprint density at radius 1 is 0.800 bits per heavy atom. The van der Waals surface area contributed by atoms with E-state index >= 15 is 0 Å². The molecule has 2 aromatic carbocycles. The summed E-state index contributed by atoms with van der Waals surface area (Å²) in [6.07, 6.45) is 3.49. The maximum Gasteiger partial charge on any atom is 0.390 e. The van der Waals surface area contributed by atoms with E-state index in [1.54, 1.807) is 62.8 Å². The fourth-order valence-corrected chi connectivity index (χ4v) is 3.24. The summed E-state index contributed by atoms with van der Waals surface area (Å²) in [4.78, 5) is 24.2. The molecule has 30 heavy (non-hydrogen) atoms. The van der Waals surface area contributed by atoms with Crippen LogP contribution in [0.2, 0.25) is 0 Å². The van der Waals surface area contributed by atoms with E-state index in [4.69, 9.17) is 18.9 Å². The molecule has 156 valence electrons. The van der Waals surface area contributed by atoms with Crippen LogP contribution in [0.15, 0.2) is 48.5 Å². The van der Waals surface area contributed by atoms with Crippen LogP contribution in [0.25, 0.3) is 0 Å². The predicted molar refractivity (Wildman–Crippen MR) is 110 cm³/mol. The van der Waals surface area contributed by atoms with Gasteiger partial charge in [-0.2, -0.15) is 0 Å². The van der Waals surface area contributed by atoms with Gasteiger partial charge in [-0.1, -0.05) is 5.92 Å². The summed E-state index contributed by atoms with van der Waals surface area (Å²) >= 11 is 0. The molecule has 0 aliphatic heterocycles. The van der Waals surface area contributed by atoms with Gasteiger partial charge >= 0.3 is 11.9 Å². The average molecular weight is 408 g/mol. The molecule has 2 aromatic rings. The summed E-state index contributed by atoms with van der Waals surface area (Å²) in [6.45, 7) is 0. The number of methoxy groups -OCH3 is 2. The van der Waals surface area contributed by atoms with Crippen molar-refractivity contribution in [1.29, 1.82) is 0 Å². The topological polar surface area (TPSA) is 71.1 Å². The van der Waals surface area contributed by atoms with Gasteiger partial charge in [0.2, 0.25) is 0 Å². The van der Waals surface area contributed by atoms with Gasteiger partial charge < -0.3 is 18.9 Å². The molecule has 1 aliphatic rings. The molecular weight excluding hydrogens is 384 g/mol. The summed E-state index contributed by atoms with van der Waals surface area (Å²) in [6, 6.07) is 13.4. The Morgan fingerprint density at radius 3 is 1.93 bits per heavy atom. The molecule has 0 N–H and O–H groups in total. The normalized spacial score (nSPS) is 17.9. The number of ether oxygens (including phenoxy) is 4. The molecule has 0 saturated heterocycles. The third-order valence-corrected chi connectivity index (χ3v) is 4.99. The number of carbonyl (C=O) groups excluding carboxylic acids is 2. The fourth-order valence-electron chi connectivity index (χ4n) is 3.24. The lowest BCUT2D eigenvalue weighted by molar-refractivity contribution is -0.140. The van der Waals surface area contributed by atoms with Gasteiger partial charge in [-0.3, -0.25) is 4.79 Å². The van der Waals surface area contributed by atoms with E-state index in [0.29, 0.717) is 22.8 Å². The maximum atomic E-state index is 12.3. The van der Waals surface area contributed by atoms with Crippen molar-refractivity contribution in [2.45, 2.75) is 31.8 Å². The maximum absolute atomic E-state index is 12.3. The molecule has 0 aromatic heterocycles. The third-order valence-electron chi connectivity index (χ3n) is 4.99. The monoisotopic (exact) mass is 408 g/mol. The number of benzene rings is 2. The molecule has 0 spiro atoms. The predicted octanol–water partition coefficient (Wildman–Crippen LogP) is 3.76. The minimum atomic E-state index is -0.675. The molecule has 1 aliphatic carbocycles. The second-order valence-electron chi connectivity index (χ2n) is 6.97. The summed E-state index contributed by atoms with van der Waals surface area (Å²) in [5, 5.41) is 0. The van der Waals surface area contributed by atoms with Crippen LogP contribution in [0.4, 0.5) is 0 Å². The highest BCUT2D eigenvalue weighted by atomic mass is 16.5. The molecule has 3 rings (SSSR count). The lowest BCUT2D eigenvalue weighted by Crippen LogP contribution is -2.28. The van der Waals surface area contributed by atoms with Crippen LogP contribution in [0.5, 0.6) is 17.2 Å². The standard InChI is InChI=1S/C24H24O6/c1-27-19-8-3-17(4-9-19)5-16-23(25)29-21-12-14-22(15-13-21)30-24(26)18-6-10-20(28-2)11-7-18/h3-4,8-9,12-15,18,20H,6-7,10-11H2,1-2H3. The summed E-state index contributed by atoms with van der Waals surface area (Å²) < 4.78 is 21.0. The minimum Gasteiger partial charge on any atom is -0.497 e. The molecule has 1 saturated carbocycles. The molecule has 6 nitrogen and oxygen atoms in total. The largest absolute Gasteiger partial charge is 0.497 e. The van der Waals surface area contributed by atoms with Crippen molar-refractivity contribution in [3.05, 3.63) is 54.1 Å². The van der Waals surface area contributed by atoms with E-state index in [0.717, 1.165) is 25.7 Å². The molecular formula is C24H24O6. The van der Waals surface area contributed by atoms with Gasteiger partial charge in [0.1, 0.15) is 17.2 Å². The van der Waals surface area contributed by atoms with Crippen LogP contribution in [0.1, 0.15) is 31.2 Å². The minimum absolute atomic E-state index is 0.109. The molecule has 6 heteroatoms. The van der Waals surface area contributed by atoms with E-state index in [-0.39, 0.29) is 18.0 Å². The van der Waals surface area contributed by atoms with Gasteiger partial charge in [0, 0.05) is 18.6 Å². The Labute approximate surface area is 176 Å². The Bertz CT molecular complexity index is 913. The van der Waals surface area contributed by atoms with Crippen molar-refractivity contribution in [2.24, 2.45) is 5.92 Å². The first-order valence-corrected chi connectivity index (χ1v) is 9.80. The molecule has 0 amide bonds. The zero-order valence-electron chi connectivity index (χ0n) is 17.1. The van der Waals surface area contributed by atoms with Gasteiger partial charge in [-0.25, -0.2) is 4.79 Å². The van der Waals surface area contributed by atoms with Crippen LogP contribution >= 0.6 is 0 Å². The van der Waals surface area contributed by atoms with Gasteiger partial charge in [0.15, 0.2) is 0 Å². The molecule has 0 bridgehead atoms. The smallest absolute Gasteiger partial charge is 0.390 e. The van der Waals surface area contributed by atoms with Gasteiger partial charge in [0.25, 0.3) is 0 Å². The first-order chi connectivity index (χ1) is 14.6. The Balaban J connectivity index is 1.50. The Hall–Kier alpha value is -3.30. The van der Waals surface area contributed by atoms with E-state index < -0.39 is 5.97 Å². The summed E-state index contributed by atoms with van der Waals surface area (Å²) in [7, 11) is 3.28. The Kier molecular flexibility index (Phi) is 7.47. The third kappa shape index (κ3) is 6.10. The Morgan fingerprint density at radius 2 is 1.37 bits per heavy atom. The molecule has 0 unspecified atom stereocenters. The molecule has 0 atom stereocenters. The highest BCUT2D eigenvalue weighted by Crippen LogP contribution is 2.28. The zero-order chi connectivity index (χ0) is 21.3. The quantitative estimate of drug-likeness (QED) is 0.426. The van der Waals surface area contributed by atoms with Gasteiger partial charge in [-0.05, 0) is 74.2 Å². The second-order valence-corrected chi connectivity index (χ2v) is 6.97. The zero-order valence-corrected chi connectivity index (χ0v) is 17.1. The number of rotatable bonds is 5. The summed E-state index contributed by atoms with van der Waals surface area (Å²) in [5.41, 5.74) is 0.676. The van der Waals surface area contributed by atoms with E-state index in [2.05, 4.69) is 11.8 Å². The van der Waals surface area contributed by atoms with E-state index in [1.807, 2.05) is 0 Å². The van der Waals surface area contributed by atoms with Crippen molar-refractivity contribution in [2.75, 3.05) is 14.2 Å². The average Bonchev–Trinajstić information content (AvgIpc) is 2.79. The summed E-state index contributed by atoms with van der Waals surface area (Å²) in [5.74, 6) is 5.61. The van der Waals surface area contributed by atoms with Crippen LogP contribution in [0.3, 0.4) is 0 Å². The van der Waals surface area contributed by atoms with E-state index in [1.165, 1.54) is 0 Å². The highest BCUT2D eigenvalue weighted by Gasteiger charge is 2.27. The highest BCUT2D eigenvalue weighted by molar-refractivity contribution is 5.90. The first-order valence-electron chi connectivity index (χ1n) is 9.80. The van der Waals surface area contributed by atoms with Crippen molar-refractivity contribution in [1.82, 2.24) is 0 Å². The van der Waals surface area contributed by atoms with Crippen molar-refractivity contribution < 1.29 is 28.5 Å². The number of hydrogen-bond donors (Lipinski definition) is 0. The van der Waals surface area contributed by atoms with Gasteiger partial charge in [0.05, 0.1) is 19.1 Å². The van der Waals surface area contributed by atoms with Crippen LogP contribution in [-0.2, 0) is 14.3 Å².